The molecule has 8 heteroatoms. The van der Waals surface area contributed by atoms with Gasteiger partial charge >= 0.3 is 0 Å². The van der Waals surface area contributed by atoms with Gasteiger partial charge in [-0.2, -0.15) is 0 Å². The number of methoxy groups -OCH3 is 1. The molecule has 176 valence electrons. The van der Waals surface area contributed by atoms with Gasteiger partial charge in [0.05, 0.1) is 18.8 Å². The summed E-state index contributed by atoms with van der Waals surface area (Å²) in [5.74, 6) is 0.584. The molecule has 1 atom stereocenters. The number of carbonyl (C=O) groups is 2. The average molecular weight is 452 g/mol. The van der Waals surface area contributed by atoms with Crippen LogP contribution in [0.15, 0.2) is 42.6 Å². The summed E-state index contributed by atoms with van der Waals surface area (Å²) in [6.07, 6.45) is 2.74. The van der Waals surface area contributed by atoms with E-state index in [9.17, 15) is 9.59 Å². The Morgan fingerprint density at radius 3 is 2.52 bits per heavy atom. The van der Waals surface area contributed by atoms with E-state index in [0.717, 1.165) is 22.5 Å². The lowest BCUT2D eigenvalue weighted by Gasteiger charge is -2.25. The van der Waals surface area contributed by atoms with E-state index in [1.54, 1.807) is 7.11 Å². The van der Waals surface area contributed by atoms with Gasteiger partial charge in [0.25, 0.3) is 5.91 Å². The minimum atomic E-state index is -0.182. The second kappa shape index (κ2) is 11.0. The monoisotopic (exact) mass is 451 g/mol. The minimum absolute atomic E-state index is 0.0359. The van der Waals surface area contributed by atoms with Gasteiger partial charge < -0.3 is 20.3 Å². The quantitative estimate of drug-likeness (QED) is 0.463. The van der Waals surface area contributed by atoms with Crippen LogP contribution in [0.5, 0.6) is 5.75 Å². The summed E-state index contributed by atoms with van der Waals surface area (Å²) in [6.45, 7) is 4.72. The molecule has 0 saturated carbocycles. The van der Waals surface area contributed by atoms with Gasteiger partial charge in [0.15, 0.2) is 0 Å². The summed E-state index contributed by atoms with van der Waals surface area (Å²) in [5.41, 5.74) is 4.13. The van der Waals surface area contributed by atoms with Gasteiger partial charge in [0, 0.05) is 25.7 Å². The SMILES string of the molecule is COc1ccc(C(CNC(=O)CCCNC(=O)c2c(C)nc3c(C)cccn23)N(C)C)cc1. The number of aromatic nitrogens is 2. The predicted molar refractivity (Wildman–Crippen MR) is 129 cm³/mol. The van der Waals surface area contributed by atoms with E-state index in [1.165, 1.54) is 0 Å². The Morgan fingerprint density at radius 2 is 1.85 bits per heavy atom. The third-order valence-corrected chi connectivity index (χ3v) is 5.72. The largest absolute Gasteiger partial charge is 0.497 e. The molecular weight excluding hydrogens is 418 g/mol. The fourth-order valence-corrected chi connectivity index (χ4v) is 3.85. The molecule has 0 fully saturated rings. The standard InChI is InChI=1S/C25H33N5O3/c1-17-8-7-15-30-23(18(2)28-24(17)30)25(32)26-14-6-9-22(31)27-16-21(29(3)4)19-10-12-20(33-5)13-11-19/h7-8,10-13,15,21H,6,9,14,16H2,1-5H3,(H,26,32)(H,27,31). The van der Waals surface area contributed by atoms with E-state index in [1.807, 2.05) is 74.9 Å². The first-order valence-corrected chi connectivity index (χ1v) is 11.1. The van der Waals surface area contributed by atoms with Crippen LogP contribution in [0.1, 0.15) is 46.2 Å². The van der Waals surface area contributed by atoms with Gasteiger partial charge in [-0.25, -0.2) is 4.98 Å². The molecule has 0 spiro atoms. The minimum Gasteiger partial charge on any atom is -0.497 e. The number of hydrogen-bond donors (Lipinski definition) is 2. The summed E-state index contributed by atoms with van der Waals surface area (Å²) in [6, 6.07) is 11.8. The van der Waals surface area contributed by atoms with Crippen molar-refractivity contribution in [3.63, 3.8) is 0 Å². The Bertz CT molecular complexity index is 1110. The molecule has 0 radical (unpaired) electrons. The second-order valence-corrected chi connectivity index (χ2v) is 8.35. The topological polar surface area (TPSA) is 88.0 Å². The Kier molecular flexibility index (Phi) is 8.06. The normalized spacial score (nSPS) is 12.1. The van der Waals surface area contributed by atoms with Crippen molar-refractivity contribution in [2.24, 2.45) is 0 Å². The van der Waals surface area contributed by atoms with Crippen molar-refractivity contribution in [2.45, 2.75) is 32.7 Å². The van der Waals surface area contributed by atoms with Gasteiger partial charge in [-0.3, -0.25) is 14.0 Å². The van der Waals surface area contributed by atoms with Crippen LogP contribution in [-0.4, -0.2) is 60.4 Å². The van der Waals surface area contributed by atoms with Gasteiger partial charge in [0.1, 0.15) is 17.1 Å². The smallest absolute Gasteiger partial charge is 0.270 e. The van der Waals surface area contributed by atoms with Crippen molar-refractivity contribution < 1.29 is 14.3 Å². The van der Waals surface area contributed by atoms with Crippen LogP contribution in [0.4, 0.5) is 0 Å². The second-order valence-electron chi connectivity index (χ2n) is 8.35. The fourth-order valence-electron chi connectivity index (χ4n) is 3.85. The average Bonchev–Trinajstić information content (AvgIpc) is 3.14. The lowest BCUT2D eigenvalue weighted by Crippen LogP contribution is -2.35. The number of pyridine rings is 1. The Hall–Kier alpha value is -3.39. The van der Waals surface area contributed by atoms with Crippen LogP contribution in [0.3, 0.4) is 0 Å². The van der Waals surface area contributed by atoms with Crippen molar-refractivity contribution in [3.8, 4) is 5.75 Å². The van der Waals surface area contributed by atoms with Gasteiger partial charge in [-0.15, -0.1) is 0 Å². The van der Waals surface area contributed by atoms with E-state index < -0.39 is 0 Å². The van der Waals surface area contributed by atoms with E-state index in [2.05, 4.69) is 20.5 Å². The number of carbonyl (C=O) groups excluding carboxylic acids is 2. The summed E-state index contributed by atoms with van der Waals surface area (Å²) in [7, 11) is 5.61. The molecule has 0 aliphatic carbocycles. The number of ether oxygens (including phenoxy) is 1. The molecule has 3 aromatic rings. The maximum Gasteiger partial charge on any atom is 0.270 e. The highest BCUT2D eigenvalue weighted by Gasteiger charge is 2.18. The Morgan fingerprint density at radius 1 is 1.12 bits per heavy atom. The molecule has 2 N–H and O–H groups in total. The molecule has 0 saturated heterocycles. The van der Waals surface area contributed by atoms with E-state index in [-0.39, 0.29) is 17.9 Å². The van der Waals surface area contributed by atoms with Crippen LogP contribution in [0.2, 0.25) is 0 Å². The Labute approximate surface area is 195 Å². The van der Waals surface area contributed by atoms with E-state index in [0.29, 0.717) is 37.3 Å². The molecule has 33 heavy (non-hydrogen) atoms. The molecular formula is C25H33N5O3. The van der Waals surface area contributed by atoms with Crippen LogP contribution < -0.4 is 15.4 Å². The van der Waals surface area contributed by atoms with Gasteiger partial charge in [0.2, 0.25) is 5.91 Å². The maximum absolute atomic E-state index is 12.7. The number of amides is 2. The van der Waals surface area contributed by atoms with Crippen molar-refractivity contribution in [1.29, 1.82) is 0 Å². The molecule has 2 heterocycles. The van der Waals surface area contributed by atoms with Crippen molar-refractivity contribution in [1.82, 2.24) is 24.9 Å². The number of aryl methyl sites for hydroxylation is 2. The summed E-state index contributed by atoms with van der Waals surface area (Å²) >= 11 is 0. The summed E-state index contributed by atoms with van der Waals surface area (Å²) < 4.78 is 7.03. The molecule has 0 bridgehead atoms. The van der Waals surface area contributed by atoms with Crippen molar-refractivity contribution in [2.75, 3.05) is 34.3 Å². The zero-order valence-electron chi connectivity index (χ0n) is 20.0. The molecule has 1 unspecified atom stereocenters. The molecule has 2 amide bonds. The lowest BCUT2D eigenvalue weighted by molar-refractivity contribution is -0.121. The lowest BCUT2D eigenvalue weighted by atomic mass is 10.1. The van der Waals surface area contributed by atoms with E-state index >= 15 is 0 Å². The van der Waals surface area contributed by atoms with Crippen LogP contribution in [-0.2, 0) is 4.79 Å². The highest BCUT2D eigenvalue weighted by atomic mass is 16.5. The highest BCUT2D eigenvalue weighted by molar-refractivity contribution is 5.94. The van der Waals surface area contributed by atoms with Crippen LogP contribution in [0.25, 0.3) is 5.65 Å². The Balaban J connectivity index is 1.47. The third kappa shape index (κ3) is 5.90. The molecule has 8 nitrogen and oxygen atoms in total. The molecule has 1 aromatic carbocycles. The third-order valence-electron chi connectivity index (χ3n) is 5.72. The number of nitrogens with one attached hydrogen (secondary N) is 2. The highest BCUT2D eigenvalue weighted by Crippen LogP contribution is 2.21. The van der Waals surface area contributed by atoms with Crippen molar-refractivity contribution >= 4 is 17.5 Å². The van der Waals surface area contributed by atoms with Gasteiger partial charge in [-0.05, 0) is 63.7 Å². The molecule has 2 aromatic heterocycles. The van der Waals surface area contributed by atoms with Crippen LogP contribution in [0, 0.1) is 13.8 Å². The fraction of sp³-hybridized carbons (Fsp3) is 0.400. The molecule has 0 aliphatic rings. The number of fused-ring (bicyclic) bond motifs is 1. The zero-order valence-corrected chi connectivity index (χ0v) is 20.0. The predicted octanol–water partition coefficient (Wildman–Crippen LogP) is 2.89. The number of hydrogen-bond acceptors (Lipinski definition) is 5. The van der Waals surface area contributed by atoms with Gasteiger partial charge in [-0.1, -0.05) is 18.2 Å². The number of likely N-dealkylation sites (N-methyl/N-ethyl adjacent to an activating group) is 1. The number of benzene rings is 1. The molecule has 3 rings (SSSR count). The number of rotatable bonds is 10. The number of nitrogens with zero attached hydrogens (tertiary/aromatic N) is 3. The summed E-state index contributed by atoms with van der Waals surface area (Å²) in [4.78, 5) is 31.6. The zero-order chi connectivity index (χ0) is 24.0. The van der Waals surface area contributed by atoms with Crippen LogP contribution >= 0.6 is 0 Å². The van der Waals surface area contributed by atoms with E-state index in [4.69, 9.17) is 4.74 Å². The van der Waals surface area contributed by atoms with Crippen molar-refractivity contribution in [3.05, 3.63) is 65.1 Å². The first-order valence-electron chi connectivity index (χ1n) is 11.1. The first kappa shape index (κ1) is 24.3. The molecule has 0 aliphatic heterocycles. The number of imidazole rings is 1. The maximum atomic E-state index is 12.7. The first-order chi connectivity index (χ1) is 15.8. The summed E-state index contributed by atoms with van der Waals surface area (Å²) in [5, 5.41) is 5.92.